The van der Waals surface area contributed by atoms with Crippen molar-refractivity contribution in [1.82, 2.24) is 9.80 Å². The predicted molar refractivity (Wildman–Crippen MR) is 88.9 cm³/mol. The average Bonchev–Trinajstić information content (AvgIpc) is 2.92. The highest BCUT2D eigenvalue weighted by molar-refractivity contribution is 6.33. The zero-order valence-electron chi connectivity index (χ0n) is 12.3. The van der Waals surface area contributed by atoms with Crippen molar-refractivity contribution in [3.8, 4) is 0 Å². The molecule has 0 saturated carbocycles. The summed E-state index contributed by atoms with van der Waals surface area (Å²) in [6, 6.07) is 6.80. The van der Waals surface area contributed by atoms with E-state index in [4.69, 9.17) is 28.9 Å². The lowest BCUT2D eigenvalue weighted by atomic mass is 10.0. The van der Waals surface area contributed by atoms with Crippen LogP contribution in [-0.2, 0) is 6.54 Å². The Hall–Kier alpha value is -0.320. The van der Waals surface area contributed by atoms with E-state index in [1.807, 2.05) is 18.2 Å². The Kier molecular flexibility index (Phi) is 5.07. The summed E-state index contributed by atoms with van der Waals surface area (Å²) in [4.78, 5) is 5.10. The molecule has 0 aromatic heterocycles. The number of benzene rings is 1. The van der Waals surface area contributed by atoms with Crippen LogP contribution in [-0.4, -0.2) is 48.1 Å². The van der Waals surface area contributed by atoms with Gasteiger partial charge in [-0.15, -0.1) is 0 Å². The summed E-state index contributed by atoms with van der Waals surface area (Å²) in [6.07, 6.45) is 3.51. The lowest BCUT2D eigenvalue weighted by molar-refractivity contribution is 0.151. The van der Waals surface area contributed by atoms with E-state index in [2.05, 4.69) is 9.80 Å². The molecule has 0 spiro atoms. The molecule has 1 atom stereocenters. The van der Waals surface area contributed by atoms with E-state index in [0.717, 1.165) is 61.2 Å². The largest absolute Gasteiger partial charge is 0.328 e. The van der Waals surface area contributed by atoms with Crippen molar-refractivity contribution in [1.29, 1.82) is 0 Å². The third-order valence-corrected chi connectivity index (χ3v) is 5.34. The van der Waals surface area contributed by atoms with Gasteiger partial charge >= 0.3 is 0 Å². The highest BCUT2D eigenvalue weighted by Crippen LogP contribution is 2.25. The van der Waals surface area contributed by atoms with E-state index in [9.17, 15) is 0 Å². The van der Waals surface area contributed by atoms with Crippen LogP contribution in [0.15, 0.2) is 18.2 Å². The third-order valence-electron chi connectivity index (χ3n) is 4.74. The molecular formula is C16H23Cl2N3. The maximum Gasteiger partial charge on any atom is 0.0452 e. The molecule has 1 aromatic rings. The topological polar surface area (TPSA) is 32.5 Å². The SMILES string of the molecule is NC1CCN(C2CCN(Cc3cc(Cl)ccc3Cl)C2)CC1. The van der Waals surface area contributed by atoms with E-state index in [-0.39, 0.29) is 0 Å². The summed E-state index contributed by atoms with van der Waals surface area (Å²) in [5, 5.41) is 1.57. The molecule has 5 heteroatoms. The van der Waals surface area contributed by atoms with Gasteiger partial charge in [0.1, 0.15) is 0 Å². The summed E-state index contributed by atoms with van der Waals surface area (Å²) in [5.74, 6) is 0. The van der Waals surface area contributed by atoms with Crippen molar-refractivity contribution in [2.75, 3.05) is 26.2 Å². The van der Waals surface area contributed by atoms with E-state index in [0.29, 0.717) is 12.1 Å². The van der Waals surface area contributed by atoms with E-state index < -0.39 is 0 Å². The second-order valence-corrected chi connectivity index (χ2v) is 7.13. The van der Waals surface area contributed by atoms with Gasteiger partial charge in [0.25, 0.3) is 0 Å². The Balaban J connectivity index is 1.56. The zero-order valence-corrected chi connectivity index (χ0v) is 13.8. The van der Waals surface area contributed by atoms with Gasteiger partial charge in [-0.3, -0.25) is 9.80 Å². The molecule has 3 nitrogen and oxygen atoms in total. The molecule has 0 radical (unpaired) electrons. The standard InChI is InChI=1S/C16H23Cl2N3/c17-13-1-2-16(18)12(9-13)10-20-6-5-15(11-20)21-7-3-14(19)4-8-21/h1-2,9,14-15H,3-8,10-11,19H2. The maximum atomic E-state index is 6.27. The number of nitrogens with zero attached hydrogens (tertiary/aromatic N) is 2. The molecule has 116 valence electrons. The van der Waals surface area contributed by atoms with E-state index in [1.165, 1.54) is 6.42 Å². The van der Waals surface area contributed by atoms with Gasteiger partial charge in [-0.2, -0.15) is 0 Å². The van der Waals surface area contributed by atoms with Crippen LogP contribution < -0.4 is 5.73 Å². The molecule has 21 heavy (non-hydrogen) atoms. The second kappa shape index (κ2) is 6.84. The molecule has 2 aliphatic rings. The first-order valence-corrected chi connectivity index (χ1v) is 8.53. The fraction of sp³-hybridized carbons (Fsp3) is 0.625. The first-order chi connectivity index (χ1) is 10.1. The van der Waals surface area contributed by atoms with Crippen molar-refractivity contribution in [2.45, 2.75) is 37.9 Å². The normalized spacial score (nSPS) is 25.6. The second-order valence-electron chi connectivity index (χ2n) is 6.29. The van der Waals surface area contributed by atoms with Crippen molar-refractivity contribution < 1.29 is 0 Å². The van der Waals surface area contributed by atoms with Crippen LogP contribution in [0.25, 0.3) is 0 Å². The molecule has 3 rings (SSSR count). The molecule has 0 amide bonds. The van der Waals surface area contributed by atoms with E-state index >= 15 is 0 Å². The van der Waals surface area contributed by atoms with Gasteiger partial charge in [0.15, 0.2) is 0 Å². The number of nitrogens with two attached hydrogens (primary N) is 1. The Morgan fingerprint density at radius 1 is 1.10 bits per heavy atom. The molecule has 2 fully saturated rings. The summed E-state index contributed by atoms with van der Waals surface area (Å²) in [6.45, 7) is 5.45. The van der Waals surface area contributed by atoms with Crippen LogP contribution in [0.1, 0.15) is 24.8 Å². The maximum absolute atomic E-state index is 6.27. The molecule has 2 N–H and O–H groups in total. The fourth-order valence-electron chi connectivity index (χ4n) is 3.44. The Morgan fingerprint density at radius 2 is 1.86 bits per heavy atom. The third kappa shape index (κ3) is 3.91. The number of hydrogen-bond donors (Lipinski definition) is 1. The van der Waals surface area contributed by atoms with Crippen LogP contribution in [0.5, 0.6) is 0 Å². The van der Waals surface area contributed by atoms with Crippen molar-refractivity contribution >= 4 is 23.2 Å². The number of rotatable bonds is 3. The van der Waals surface area contributed by atoms with Crippen LogP contribution >= 0.6 is 23.2 Å². The monoisotopic (exact) mass is 327 g/mol. The van der Waals surface area contributed by atoms with Crippen LogP contribution in [0, 0.1) is 0 Å². The number of halogens is 2. The predicted octanol–water partition coefficient (Wildman–Crippen LogP) is 2.99. The van der Waals surface area contributed by atoms with Gasteiger partial charge in [0, 0.05) is 41.8 Å². The molecule has 0 bridgehead atoms. The molecule has 2 saturated heterocycles. The average molecular weight is 328 g/mol. The summed E-state index contributed by atoms with van der Waals surface area (Å²) in [7, 11) is 0. The van der Waals surface area contributed by atoms with Crippen molar-refractivity contribution in [2.24, 2.45) is 5.73 Å². The van der Waals surface area contributed by atoms with Gasteiger partial charge in [-0.1, -0.05) is 23.2 Å². The van der Waals surface area contributed by atoms with Gasteiger partial charge in [0.2, 0.25) is 0 Å². The lowest BCUT2D eigenvalue weighted by Crippen LogP contribution is -2.46. The van der Waals surface area contributed by atoms with E-state index in [1.54, 1.807) is 0 Å². The Labute approximate surface area is 137 Å². The van der Waals surface area contributed by atoms with Gasteiger partial charge in [-0.25, -0.2) is 0 Å². The van der Waals surface area contributed by atoms with Gasteiger partial charge in [0.05, 0.1) is 0 Å². The summed E-state index contributed by atoms with van der Waals surface area (Å²) in [5.41, 5.74) is 7.12. The molecule has 1 aromatic carbocycles. The lowest BCUT2D eigenvalue weighted by Gasteiger charge is -2.34. The Morgan fingerprint density at radius 3 is 2.62 bits per heavy atom. The van der Waals surface area contributed by atoms with Crippen LogP contribution in [0.3, 0.4) is 0 Å². The van der Waals surface area contributed by atoms with Crippen molar-refractivity contribution in [3.63, 3.8) is 0 Å². The summed E-state index contributed by atoms with van der Waals surface area (Å²) >= 11 is 12.3. The zero-order chi connectivity index (χ0) is 14.8. The van der Waals surface area contributed by atoms with Crippen LogP contribution in [0.2, 0.25) is 10.0 Å². The van der Waals surface area contributed by atoms with Crippen LogP contribution in [0.4, 0.5) is 0 Å². The minimum atomic E-state index is 0.407. The first kappa shape index (κ1) is 15.6. The van der Waals surface area contributed by atoms with Crippen molar-refractivity contribution in [3.05, 3.63) is 33.8 Å². The summed E-state index contributed by atoms with van der Waals surface area (Å²) < 4.78 is 0. The smallest absolute Gasteiger partial charge is 0.0452 e. The number of hydrogen-bond acceptors (Lipinski definition) is 3. The minimum absolute atomic E-state index is 0.407. The highest BCUT2D eigenvalue weighted by Gasteiger charge is 2.29. The van der Waals surface area contributed by atoms with Gasteiger partial charge < -0.3 is 5.73 Å². The van der Waals surface area contributed by atoms with Gasteiger partial charge in [-0.05, 0) is 56.1 Å². The number of likely N-dealkylation sites (tertiary alicyclic amines) is 2. The quantitative estimate of drug-likeness (QED) is 0.926. The first-order valence-electron chi connectivity index (χ1n) is 7.78. The number of piperidine rings is 1. The molecule has 0 aliphatic carbocycles. The molecule has 2 aliphatic heterocycles. The molecule has 2 heterocycles. The fourth-order valence-corrected chi connectivity index (χ4v) is 3.82. The Bertz CT molecular complexity index is 486. The molecular weight excluding hydrogens is 305 g/mol. The highest BCUT2D eigenvalue weighted by atomic mass is 35.5. The molecule has 1 unspecified atom stereocenters. The minimum Gasteiger partial charge on any atom is -0.328 e.